The molecule has 1 fully saturated rings. The molecule has 1 aliphatic rings. The van der Waals surface area contributed by atoms with Crippen molar-refractivity contribution in [2.75, 3.05) is 7.11 Å². The summed E-state index contributed by atoms with van der Waals surface area (Å²) in [6.07, 6.45) is 4.30. The molecule has 1 saturated carbocycles. The van der Waals surface area contributed by atoms with Crippen molar-refractivity contribution in [1.82, 2.24) is 10.6 Å². The number of carbonyl (C=O) groups is 3. The van der Waals surface area contributed by atoms with Gasteiger partial charge >= 0.3 is 12.0 Å². The van der Waals surface area contributed by atoms with Gasteiger partial charge in [0, 0.05) is 28.8 Å². The van der Waals surface area contributed by atoms with Crippen LogP contribution in [0.25, 0.3) is 0 Å². The Morgan fingerprint density at radius 1 is 1.18 bits per heavy atom. The van der Waals surface area contributed by atoms with Crippen LogP contribution in [0.3, 0.4) is 0 Å². The van der Waals surface area contributed by atoms with E-state index in [1.165, 1.54) is 7.11 Å². The van der Waals surface area contributed by atoms with Gasteiger partial charge in [0.2, 0.25) is 0 Å². The highest BCUT2D eigenvalue weighted by molar-refractivity contribution is 5.80. The molecule has 0 radical (unpaired) electrons. The van der Waals surface area contributed by atoms with E-state index in [0.29, 0.717) is 12.8 Å². The Balaban J connectivity index is 2.72. The van der Waals surface area contributed by atoms with Gasteiger partial charge in [0.05, 0.1) is 13.0 Å². The van der Waals surface area contributed by atoms with Crippen molar-refractivity contribution in [3.8, 4) is 0 Å². The minimum absolute atomic E-state index is 0.0567. The second kappa shape index (κ2) is 9.27. The molecule has 6 heteroatoms. The van der Waals surface area contributed by atoms with Crippen LogP contribution >= 0.6 is 0 Å². The number of ether oxygens (including phenoxy) is 1. The maximum absolute atomic E-state index is 12.8. The van der Waals surface area contributed by atoms with E-state index in [-0.39, 0.29) is 29.6 Å². The summed E-state index contributed by atoms with van der Waals surface area (Å²) in [5, 5.41) is 6.18. The van der Waals surface area contributed by atoms with Crippen LogP contribution in [0.4, 0.5) is 4.79 Å². The molecule has 1 rings (SSSR count). The van der Waals surface area contributed by atoms with E-state index in [1.807, 2.05) is 48.5 Å². The highest BCUT2D eigenvalue weighted by atomic mass is 16.5. The molecular formula is C22H40N2O4. The molecule has 0 aromatic rings. The van der Waals surface area contributed by atoms with Crippen LogP contribution in [0, 0.1) is 17.3 Å². The summed E-state index contributed by atoms with van der Waals surface area (Å²) in [6, 6.07) is -0.235. The number of rotatable bonds is 9. The summed E-state index contributed by atoms with van der Waals surface area (Å²) < 4.78 is 4.95. The van der Waals surface area contributed by atoms with E-state index in [0.717, 1.165) is 25.7 Å². The quantitative estimate of drug-likeness (QED) is 0.572. The van der Waals surface area contributed by atoms with Gasteiger partial charge in [0.1, 0.15) is 5.78 Å². The lowest BCUT2D eigenvalue weighted by Gasteiger charge is -2.42. The number of hydrogen-bond acceptors (Lipinski definition) is 4. The summed E-state index contributed by atoms with van der Waals surface area (Å²) in [6.45, 7) is 13.9. The molecule has 6 nitrogen and oxygen atoms in total. The molecule has 2 amide bonds. The average molecular weight is 397 g/mol. The number of nitrogens with one attached hydrogen (secondary N) is 2. The molecule has 0 heterocycles. The van der Waals surface area contributed by atoms with Crippen LogP contribution < -0.4 is 10.6 Å². The zero-order valence-corrected chi connectivity index (χ0v) is 19.0. The number of esters is 1. The number of carbonyl (C=O) groups excluding carboxylic acids is 3. The molecule has 0 spiro atoms. The maximum Gasteiger partial charge on any atom is 0.315 e. The molecule has 0 aromatic heterocycles. The summed E-state index contributed by atoms with van der Waals surface area (Å²) in [5.74, 6) is -0.110. The zero-order chi connectivity index (χ0) is 21.8. The second-order valence-corrected chi connectivity index (χ2v) is 9.59. The van der Waals surface area contributed by atoms with Crippen molar-refractivity contribution < 1.29 is 19.1 Å². The van der Waals surface area contributed by atoms with Gasteiger partial charge in [-0.25, -0.2) is 4.79 Å². The average Bonchev–Trinajstić information content (AvgIpc) is 2.82. The van der Waals surface area contributed by atoms with E-state index in [4.69, 9.17) is 4.74 Å². The monoisotopic (exact) mass is 396 g/mol. The lowest BCUT2D eigenvalue weighted by Crippen LogP contribution is -2.60. The third-order valence-electron chi connectivity index (χ3n) is 6.97. The van der Waals surface area contributed by atoms with Crippen LogP contribution in [0.5, 0.6) is 0 Å². The predicted molar refractivity (Wildman–Crippen MR) is 111 cm³/mol. The van der Waals surface area contributed by atoms with Gasteiger partial charge in [-0.2, -0.15) is 0 Å². The minimum Gasteiger partial charge on any atom is -0.469 e. The molecule has 1 unspecified atom stereocenters. The molecule has 2 N–H and O–H groups in total. The molecule has 0 aliphatic heterocycles. The Kier molecular flexibility index (Phi) is 8.10. The Labute approximate surface area is 170 Å². The van der Waals surface area contributed by atoms with Gasteiger partial charge in [0.15, 0.2) is 0 Å². The van der Waals surface area contributed by atoms with Gasteiger partial charge < -0.3 is 15.4 Å². The number of hydrogen-bond donors (Lipinski definition) is 2. The van der Waals surface area contributed by atoms with Gasteiger partial charge in [-0.05, 0) is 52.9 Å². The van der Waals surface area contributed by atoms with E-state index >= 15 is 0 Å². The number of Topliss-reactive ketones (excluding diaryl/α,β-unsaturated/α-hetero) is 1. The fraction of sp³-hybridized carbons (Fsp3) is 0.864. The highest BCUT2D eigenvalue weighted by Gasteiger charge is 2.55. The molecule has 3 atom stereocenters. The zero-order valence-electron chi connectivity index (χ0n) is 19.0. The molecule has 0 saturated heterocycles. The van der Waals surface area contributed by atoms with E-state index < -0.39 is 16.5 Å². The SMILES string of the molecule is CCC(=O)C(CC)CCC(C)(C)NC(=O)N[C@]1(C)CC[C@H](C(=O)OC)C1(C)C. The van der Waals surface area contributed by atoms with Crippen molar-refractivity contribution in [2.24, 2.45) is 17.3 Å². The van der Waals surface area contributed by atoms with Crippen molar-refractivity contribution >= 4 is 17.8 Å². The van der Waals surface area contributed by atoms with E-state index in [1.54, 1.807) is 0 Å². The van der Waals surface area contributed by atoms with Crippen LogP contribution in [0.15, 0.2) is 0 Å². The van der Waals surface area contributed by atoms with Crippen LogP contribution in [0.2, 0.25) is 0 Å². The first kappa shape index (κ1) is 24.4. The highest BCUT2D eigenvalue weighted by Crippen LogP contribution is 2.50. The van der Waals surface area contributed by atoms with Crippen LogP contribution in [-0.4, -0.2) is 36.0 Å². The summed E-state index contributed by atoms with van der Waals surface area (Å²) in [4.78, 5) is 36.9. The Hall–Kier alpha value is -1.59. The van der Waals surface area contributed by atoms with Crippen molar-refractivity contribution in [1.29, 1.82) is 0 Å². The van der Waals surface area contributed by atoms with Gasteiger partial charge in [-0.15, -0.1) is 0 Å². The number of urea groups is 1. The summed E-state index contributed by atoms with van der Waals surface area (Å²) in [7, 11) is 1.41. The van der Waals surface area contributed by atoms with Gasteiger partial charge in [0.25, 0.3) is 0 Å². The Morgan fingerprint density at radius 3 is 2.29 bits per heavy atom. The molecule has 28 heavy (non-hydrogen) atoms. The largest absolute Gasteiger partial charge is 0.469 e. The fourth-order valence-corrected chi connectivity index (χ4v) is 4.35. The number of methoxy groups -OCH3 is 1. The number of amides is 2. The molecule has 162 valence electrons. The van der Waals surface area contributed by atoms with E-state index in [9.17, 15) is 14.4 Å². The summed E-state index contributed by atoms with van der Waals surface area (Å²) in [5.41, 5.74) is -1.34. The lowest BCUT2D eigenvalue weighted by molar-refractivity contribution is -0.149. The molecule has 1 aliphatic carbocycles. The topological polar surface area (TPSA) is 84.5 Å². The van der Waals surface area contributed by atoms with Crippen molar-refractivity contribution in [3.05, 3.63) is 0 Å². The first-order chi connectivity index (χ1) is 12.8. The van der Waals surface area contributed by atoms with Gasteiger partial charge in [-0.1, -0.05) is 27.7 Å². The number of ketones is 1. The van der Waals surface area contributed by atoms with Gasteiger partial charge in [-0.3, -0.25) is 9.59 Å². The second-order valence-electron chi connectivity index (χ2n) is 9.59. The molecule has 0 bridgehead atoms. The molecular weight excluding hydrogens is 356 g/mol. The first-order valence-electron chi connectivity index (χ1n) is 10.5. The summed E-state index contributed by atoms with van der Waals surface area (Å²) >= 11 is 0. The van der Waals surface area contributed by atoms with Crippen molar-refractivity contribution in [2.45, 2.75) is 98.1 Å². The van der Waals surface area contributed by atoms with E-state index in [2.05, 4.69) is 10.6 Å². The lowest BCUT2D eigenvalue weighted by atomic mass is 9.71. The standard InChI is InChI=1S/C22H40N2O4/c1-9-15(17(25)10-2)11-13-20(3,4)23-19(27)24-22(7)14-12-16(18(26)28-8)21(22,5)6/h15-16H,9-14H2,1-8H3,(H2,23,24,27)/t15?,16-,22-/m1/s1. The predicted octanol–water partition coefficient (Wildman–Crippen LogP) is 4.22. The Morgan fingerprint density at radius 2 is 1.79 bits per heavy atom. The van der Waals surface area contributed by atoms with Crippen LogP contribution in [0.1, 0.15) is 87.0 Å². The smallest absolute Gasteiger partial charge is 0.315 e. The normalized spacial score (nSPS) is 25.1. The Bertz CT molecular complexity index is 585. The van der Waals surface area contributed by atoms with Crippen molar-refractivity contribution in [3.63, 3.8) is 0 Å². The minimum atomic E-state index is -0.504. The third-order valence-corrected chi connectivity index (χ3v) is 6.97. The third kappa shape index (κ3) is 5.48. The maximum atomic E-state index is 12.8. The fourth-order valence-electron chi connectivity index (χ4n) is 4.35. The first-order valence-corrected chi connectivity index (χ1v) is 10.5. The molecule has 0 aromatic carbocycles. The van der Waals surface area contributed by atoms with Crippen LogP contribution in [-0.2, 0) is 14.3 Å².